The molecule has 0 saturated heterocycles. The lowest BCUT2D eigenvalue weighted by Gasteiger charge is -2.15. The number of aliphatic hydroxyl groups is 1. The number of rotatable bonds is 7. The van der Waals surface area contributed by atoms with Gasteiger partial charge in [-0.25, -0.2) is 0 Å². The second kappa shape index (κ2) is 6.80. The first-order valence-electron chi connectivity index (χ1n) is 5.28. The Balaban J connectivity index is 3.27. The Morgan fingerprint density at radius 2 is 2.07 bits per heavy atom. The zero-order valence-corrected chi connectivity index (χ0v) is 9.51. The third-order valence-electron chi connectivity index (χ3n) is 2.20. The summed E-state index contributed by atoms with van der Waals surface area (Å²) in [7, 11) is 0. The van der Waals surface area contributed by atoms with Crippen molar-refractivity contribution in [3.63, 3.8) is 0 Å². The number of nitriles is 1. The molecule has 14 heavy (non-hydrogen) atoms. The molecular formula is C11H22N2O. The maximum atomic E-state index is 9.01. The second-order valence-electron chi connectivity index (χ2n) is 4.49. The molecule has 0 heterocycles. The molecule has 0 saturated carbocycles. The molecule has 0 rings (SSSR count). The summed E-state index contributed by atoms with van der Waals surface area (Å²) in [5.41, 5.74) is -0.225. The molecule has 82 valence electrons. The molecule has 3 nitrogen and oxygen atoms in total. The summed E-state index contributed by atoms with van der Waals surface area (Å²) in [6, 6.07) is 2.27. The molecule has 0 fully saturated rings. The quantitative estimate of drug-likeness (QED) is 0.612. The summed E-state index contributed by atoms with van der Waals surface area (Å²) >= 11 is 0. The van der Waals surface area contributed by atoms with Gasteiger partial charge in [0.15, 0.2) is 0 Å². The Morgan fingerprint density at radius 3 is 2.57 bits per heavy atom. The lowest BCUT2D eigenvalue weighted by atomic mass is 9.91. The molecule has 2 N–H and O–H groups in total. The van der Waals surface area contributed by atoms with E-state index >= 15 is 0 Å². The van der Waals surface area contributed by atoms with Gasteiger partial charge in [0.25, 0.3) is 0 Å². The van der Waals surface area contributed by atoms with E-state index in [0.29, 0.717) is 0 Å². The van der Waals surface area contributed by atoms with Crippen LogP contribution in [0.5, 0.6) is 0 Å². The third kappa shape index (κ3) is 8.03. The van der Waals surface area contributed by atoms with Crippen LogP contribution in [-0.4, -0.2) is 24.3 Å². The fourth-order valence-corrected chi connectivity index (χ4v) is 1.10. The van der Waals surface area contributed by atoms with E-state index in [1.807, 2.05) is 13.8 Å². The van der Waals surface area contributed by atoms with Gasteiger partial charge in [0, 0.05) is 0 Å². The highest BCUT2D eigenvalue weighted by Crippen LogP contribution is 2.16. The number of hydrogen-bond acceptors (Lipinski definition) is 3. The van der Waals surface area contributed by atoms with Gasteiger partial charge >= 0.3 is 0 Å². The van der Waals surface area contributed by atoms with E-state index in [9.17, 15) is 0 Å². The molecule has 0 aliphatic carbocycles. The van der Waals surface area contributed by atoms with Crippen molar-refractivity contribution in [1.82, 2.24) is 5.32 Å². The van der Waals surface area contributed by atoms with Gasteiger partial charge in [-0.1, -0.05) is 0 Å². The van der Waals surface area contributed by atoms with E-state index in [-0.39, 0.29) is 11.5 Å². The number of hydrogen-bond donors (Lipinski definition) is 2. The van der Waals surface area contributed by atoms with E-state index in [4.69, 9.17) is 10.4 Å². The first kappa shape index (κ1) is 13.4. The molecule has 0 aliphatic rings. The van der Waals surface area contributed by atoms with Crippen molar-refractivity contribution in [1.29, 1.82) is 5.26 Å². The molecule has 0 aromatic carbocycles. The summed E-state index contributed by atoms with van der Waals surface area (Å²) in [6.45, 7) is 7.50. The summed E-state index contributed by atoms with van der Waals surface area (Å²) < 4.78 is 0. The van der Waals surface area contributed by atoms with Gasteiger partial charge in [0.1, 0.15) is 0 Å². The minimum Gasteiger partial charge on any atom is -0.393 e. The van der Waals surface area contributed by atoms with Gasteiger partial charge in [0.05, 0.1) is 17.6 Å². The minimum atomic E-state index is -0.225. The predicted molar refractivity (Wildman–Crippen MR) is 57.8 cm³/mol. The van der Waals surface area contributed by atoms with E-state index < -0.39 is 0 Å². The molecule has 0 spiro atoms. The lowest BCUT2D eigenvalue weighted by Crippen LogP contribution is -2.22. The van der Waals surface area contributed by atoms with Gasteiger partial charge in [-0.3, -0.25) is 0 Å². The van der Waals surface area contributed by atoms with Crippen LogP contribution in [0.15, 0.2) is 0 Å². The molecule has 0 radical (unpaired) electrons. The Kier molecular flexibility index (Phi) is 6.52. The minimum absolute atomic E-state index is 0.202. The fourth-order valence-electron chi connectivity index (χ4n) is 1.10. The fraction of sp³-hybridized carbons (Fsp3) is 0.909. The topological polar surface area (TPSA) is 56.0 Å². The zero-order valence-electron chi connectivity index (χ0n) is 9.51. The van der Waals surface area contributed by atoms with Crippen molar-refractivity contribution in [2.45, 2.75) is 46.1 Å². The summed E-state index contributed by atoms with van der Waals surface area (Å²) in [5.74, 6) is 0. The standard InChI is InChI=1S/C11H22N2O/c1-10(14)5-4-7-13-8-6-11(2,3)9-12/h10,13-14H,4-8H2,1-3H3. The molecule has 0 aromatic heterocycles. The molecular weight excluding hydrogens is 176 g/mol. The lowest BCUT2D eigenvalue weighted by molar-refractivity contribution is 0.181. The highest BCUT2D eigenvalue weighted by atomic mass is 16.3. The highest BCUT2D eigenvalue weighted by Gasteiger charge is 2.14. The van der Waals surface area contributed by atoms with Crippen molar-refractivity contribution in [3.05, 3.63) is 0 Å². The van der Waals surface area contributed by atoms with E-state index in [0.717, 1.165) is 32.4 Å². The van der Waals surface area contributed by atoms with Crippen molar-refractivity contribution < 1.29 is 5.11 Å². The van der Waals surface area contributed by atoms with Gasteiger partial charge in [-0.15, -0.1) is 0 Å². The van der Waals surface area contributed by atoms with Crippen molar-refractivity contribution in [2.75, 3.05) is 13.1 Å². The molecule has 0 bridgehead atoms. The van der Waals surface area contributed by atoms with Crippen LogP contribution in [0.25, 0.3) is 0 Å². The molecule has 0 amide bonds. The van der Waals surface area contributed by atoms with Crippen LogP contribution in [0, 0.1) is 16.7 Å². The van der Waals surface area contributed by atoms with E-state index in [1.54, 1.807) is 6.92 Å². The summed E-state index contributed by atoms with van der Waals surface area (Å²) in [6.07, 6.45) is 2.50. The van der Waals surface area contributed by atoms with Crippen molar-refractivity contribution >= 4 is 0 Å². The first-order valence-corrected chi connectivity index (χ1v) is 5.28. The second-order valence-corrected chi connectivity index (χ2v) is 4.49. The van der Waals surface area contributed by atoms with Crippen LogP contribution >= 0.6 is 0 Å². The first-order chi connectivity index (χ1) is 6.48. The highest BCUT2D eigenvalue weighted by molar-refractivity contribution is 4.91. The van der Waals surface area contributed by atoms with Gasteiger partial charge in [-0.2, -0.15) is 5.26 Å². The monoisotopic (exact) mass is 198 g/mol. The normalized spacial score (nSPS) is 13.6. The van der Waals surface area contributed by atoms with Crippen LogP contribution in [0.2, 0.25) is 0 Å². The van der Waals surface area contributed by atoms with E-state index in [2.05, 4.69) is 11.4 Å². The predicted octanol–water partition coefficient (Wildman–Crippen LogP) is 1.68. The van der Waals surface area contributed by atoms with Crippen molar-refractivity contribution in [2.24, 2.45) is 5.41 Å². The smallest absolute Gasteiger partial charge is 0.0684 e. The number of aliphatic hydroxyl groups excluding tert-OH is 1. The molecule has 0 aromatic rings. The average Bonchev–Trinajstić information content (AvgIpc) is 2.10. The average molecular weight is 198 g/mol. The largest absolute Gasteiger partial charge is 0.393 e. The molecule has 1 unspecified atom stereocenters. The van der Waals surface area contributed by atoms with Crippen LogP contribution in [0.4, 0.5) is 0 Å². The molecule has 1 atom stereocenters. The Bertz CT molecular complexity index is 182. The Hall–Kier alpha value is -0.590. The van der Waals surface area contributed by atoms with Crippen LogP contribution < -0.4 is 5.32 Å². The van der Waals surface area contributed by atoms with Gasteiger partial charge in [0.2, 0.25) is 0 Å². The molecule has 3 heteroatoms. The summed E-state index contributed by atoms with van der Waals surface area (Å²) in [5, 5.41) is 21.0. The SMILES string of the molecule is CC(O)CCCNCCC(C)(C)C#N. The maximum absolute atomic E-state index is 9.01. The van der Waals surface area contributed by atoms with Crippen LogP contribution in [0.1, 0.15) is 40.0 Å². The van der Waals surface area contributed by atoms with Crippen molar-refractivity contribution in [3.8, 4) is 6.07 Å². The summed E-state index contributed by atoms with van der Waals surface area (Å²) in [4.78, 5) is 0. The van der Waals surface area contributed by atoms with Gasteiger partial charge < -0.3 is 10.4 Å². The zero-order chi connectivity index (χ0) is 11.0. The van der Waals surface area contributed by atoms with Crippen LogP contribution in [-0.2, 0) is 0 Å². The number of nitrogens with one attached hydrogen (secondary N) is 1. The third-order valence-corrected chi connectivity index (χ3v) is 2.20. The number of nitrogens with zero attached hydrogens (tertiary/aromatic N) is 1. The van der Waals surface area contributed by atoms with E-state index in [1.165, 1.54) is 0 Å². The Labute approximate surface area is 87.1 Å². The molecule has 0 aliphatic heterocycles. The Morgan fingerprint density at radius 1 is 1.43 bits per heavy atom. The maximum Gasteiger partial charge on any atom is 0.0684 e. The van der Waals surface area contributed by atoms with Crippen LogP contribution in [0.3, 0.4) is 0 Å². The van der Waals surface area contributed by atoms with Gasteiger partial charge in [-0.05, 0) is 53.1 Å².